The topological polar surface area (TPSA) is 93.9 Å². The van der Waals surface area contributed by atoms with Gasteiger partial charge >= 0.3 is 0 Å². The number of nitrogens with one attached hydrogen (secondary N) is 1. The van der Waals surface area contributed by atoms with Crippen LogP contribution in [0.2, 0.25) is 0 Å². The first-order valence-electron chi connectivity index (χ1n) is 9.71. The van der Waals surface area contributed by atoms with Crippen LogP contribution in [0.4, 0.5) is 0 Å². The number of rotatable bonds is 5. The summed E-state index contributed by atoms with van der Waals surface area (Å²) in [6.07, 6.45) is 2.57. The van der Waals surface area contributed by atoms with E-state index < -0.39 is 5.54 Å². The number of carbonyl (C=O) groups excluding carboxylic acids is 2. The number of halogens is 1. The third kappa shape index (κ3) is 5.37. The van der Waals surface area contributed by atoms with Crippen molar-refractivity contribution in [1.82, 2.24) is 10.2 Å². The molecule has 2 amide bonds. The lowest BCUT2D eigenvalue weighted by atomic mass is 9.89. The summed E-state index contributed by atoms with van der Waals surface area (Å²) in [7, 11) is 0. The van der Waals surface area contributed by atoms with Gasteiger partial charge in [0.15, 0.2) is 0 Å². The highest BCUT2D eigenvalue weighted by molar-refractivity contribution is 5.94. The van der Waals surface area contributed by atoms with Crippen LogP contribution in [0.1, 0.15) is 43.0 Å². The minimum Gasteiger partial charge on any atom is -0.494 e. The van der Waals surface area contributed by atoms with Crippen molar-refractivity contribution in [3.8, 4) is 5.75 Å². The fourth-order valence-corrected chi connectivity index (χ4v) is 3.56. The molecule has 0 aromatic heterocycles. The quantitative estimate of drug-likeness (QED) is 0.769. The molecule has 156 valence electrons. The van der Waals surface area contributed by atoms with Crippen LogP contribution in [0.15, 0.2) is 24.3 Å². The monoisotopic (exact) mass is 411 g/mol. The van der Waals surface area contributed by atoms with Gasteiger partial charge < -0.3 is 25.4 Å². The van der Waals surface area contributed by atoms with Crippen molar-refractivity contribution in [2.75, 3.05) is 32.9 Å². The number of benzene rings is 1. The van der Waals surface area contributed by atoms with E-state index in [9.17, 15) is 9.59 Å². The average molecular weight is 412 g/mol. The molecule has 28 heavy (non-hydrogen) atoms. The molecule has 0 radical (unpaired) electrons. The van der Waals surface area contributed by atoms with Crippen LogP contribution in [0.25, 0.3) is 0 Å². The molecule has 7 nitrogen and oxygen atoms in total. The van der Waals surface area contributed by atoms with Crippen molar-refractivity contribution in [2.45, 2.75) is 44.2 Å². The van der Waals surface area contributed by atoms with Crippen LogP contribution in [-0.4, -0.2) is 61.2 Å². The van der Waals surface area contributed by atoms with E-state index >= 15 is 0 Å². The molecule has 0 atom stereocenters. The number of nitrogens with zero attached hydrogens (tertiary/aromatic N) is 1. The number of likely N-dealkylation sites (tertiary alicyclic amines) is 1. The zero-order valence-electron chi connectivity index (χ0n) is 16.3. The molecular weight excluding hydrogens is 382 g/mol. The molecule has 0 spiro atoms. The number of piperidine rings is 1. The van der Waals surface area contributed by atoms with Gasteiger partial charge in [0, 0.05) is 37.9 Å². The summed E-state index contributed by atoms with van der Waals surface area (Å²) in [5.74, 6) is 0.684. The van der Waals surface area contributed by atoms with E-state index in [0.717, 1.165) is 18.6 Å². The number of nitrogens with two attached hydrogens (primary N) is 1. The normalized spacial score (nSPS) is 19.4. The summed E-state index contributed by atoms with van der Waals surface area (Å²) in [4.78, 5) is 27.0. The fraction of sp³-hybridized carbons (Fsp3) is 0.600. The van der Waals surface area contributed by atoms with Crippen molar-refractivity contribution in [3.63, 3.8) is 0 Å². The predicted molar refractivity (Wildman–Crippen MR) is 109 cm³/mol. The first kappa shape index (κ1) is 22.5. The summed E-state index contributed by atoms with van der Waals surface area (Å²) >= 11 is 0. The smallest absolute Gasteiger partial charge is 0.253 e. The van der Waals surface area contributed by atoms with Crippen molar-refractivity contribution in [3.05, 3.63) is 29.8 Å². The fourth-order valence-electron chi connectivity index (χ4n) is 3.56. The Hall–Kier alpha value is -1.83. The second kappa shape index (κ2) is 10.1. The molecule has 2 saturated heterocycles. The van der Waals surface area contributed by atoms with Gasteiger partial charge in [-0.25, -0.2) is 0 Å². The van der Waals surface area contributed by atoms with E-state index in [2.05, 4.69) is 5.32 Å². The van der Waals surface area contributed by atoms with Crippen LogP contribution in [-0.2, 0) is 9.53 Å². The van der Waals surface area contributed by atoms with Gasteiger partial charge in [-0.05, 0) is 56.9 Å². The largest absolute Gasteiger partial charge is 0.494 e. The predicted octanol–water partition coefficient (Wildman–Crippen LogP) is 1.74. The average Bonchev–Trinajstić information content (AvgIpc) is 2.69. The Morgan fingerprint density at radius 1 is 1.21 bits per heavy atom. The maximum absolute atomic E-state index is 12.7. The zero-order chi connectivity index (χ0) is 19.3. The Morgan fingerprint density at radius 3 is 2.39 bits per heavy atom. The molecule has 1 aromatic carbocycles. The third-order valence-electron chi connectivity index (χ3n) is 5.37. The van der Waals surface area contributed by atoms with Gasteiger partial charge in [0.2, 0.25) is 5.91 Å². The first-order valence-corrected chi connectivity index (χ1v) is 9.71. The number of hydrogen-bond donors (Lipinski definition) is 2. The van der Waals surface area contributed by atoms with E-state index in [1.807, 2.05) is 24.0 Å². The van der Waals surface area contributed by atoms with Crippen molar-refractivity contribution < 1.29 is 19.1 Å². The summed E-state index contributed by atoms with van der Waals surface area (Å²) in [6.45, 7) is 4.83. The molecule has 0 bridgehead atoms. The number of amides is 2. The molecule has 1 aromatic rings. The molecule has 2 fully saturated rings. The zero-order valence-corrected chi connectivity index (χ0v) is 17.1. The van der Waals surface area contributed by atoms with E-state index in [4.69, 9.17) is 15.2 Å². The SMILES string of the molecule is CCOc1ccc(C(=O)N2CCC(NC(=O)C3(N)CCOCC3)CC2)cc1.Cl. The van der Waals surface area contributed by atoms with Gasteiger partial charge in [-0.1, -0.05) is 0 Å². The Bertz CT molecular complexity index is 654. The van der Waals surface area contributed by atoms with Crippen molar-refractivity contribution in [1.29, 1.82) is 0 Å². The Labute approximate surface area is 172 Å². The lowest BCUT2D eigenvalue weighted by Crippen LogP contribution is -2.59. The molecular formula is C20H30ClN3O4. The Balaban J connectivity index is 0.00000280. The maximum Gasteiger partial charge on any atom is 0.253 e. The molecule has 2 aliphatic rings. The van der Waals surface area contributed by atoms with Crippen LogP contribution >= 0.6 is 12.4 Å². The molecule has 0 saturated carbocycles. The Kier molecular flexibility index (Phi) is 8.10. The van der Waals surface area contributed by atoms with E-state index in [0.29, 0.717) is 51.3 Å². The standard InChI is InChI=1S/C20H29N3O4.ClH/c1-2-27-17-5-3-15(4-6-17)18(24)23-11-7-16(8-12-23)22-19(25)20(21)9-13-26-14-10-20;/h3-6,16H,2,7-14,21H2,1H3,(H,22,25);1H. The summed E-state index contributed by atoms with van der Waals surface area (Å²) in [5, 5.41) is 3.08. The maximum atomic E-state index is 12.7. The molecule has 3 N–H and O–H groups in total. The molecule has 0 unspecified atom stereocenters. The summed E-state index contributed by atoms with van der Waals surface area (Å²) < 4.78 is 10.7. The highest BCUT2D eigenvalue weighted by Gasteiger charge is 2.37. The highest BCUT2D eigenvalue weighted by Crippen LogP contribution is 2.20. The molecule has 8 heteroatoms. The van der Waals surface area contributed by atoms with Crippen LogP contribution in [0, 0.1) is 0 Å². The molecule has 3 rings (SSSR count). The molecule has 0 aliphatic carbocycles. The van der Waals surface area contributed by atoms with Gasteiger partial charge in [0.05, 0.1) is 12.1 Å². The van der Waals surface area contributed by atoms with Crippen LogP contribution < -0.4 is 15.8 Å². The second-order valence-corrected chi connectivity index (χ2v) is 7.27. The summed E-state index contributed by atoms with van der Waals surface area (Å²) in [6, 6.07) is 7.29. The minimum absolute atomic E-state index is 0. The van der Waals surface area contributed by atoms with E-state index in [1.54, 1.807) is 12.1 Å². The lowest BCUT2D eigenvalue weighted by Gasteiger charge is -2.36. The number of ether oxygens (including phenoxy) is 2. The van der Waals surface area contributed by atoms with Gasteiger partial charge in [-0.2, -0.15) is 0 Å². The first-order chi connectivity index (χ1) is 13.0. The second-order valence-electron chi connectivity index (χ2n) is 7.27. The van der Waals surface area contributed by atoms with Gasteiger partial charge in [0.25, 0.3) is 5.91 Å². The Morgan fingerprint density at radius 2 is 1.82 bits per heavy atom. The van der Waals surface area contributed by atoms with E-state index in [1.165, 1.54) is 0 Å². The minimum atomic E-state index is -0.826. The summed E-state index contributed by atoms with van der Waals surface area (Å²) in [5.41, 5.74) is 6.07. The van der Waals surface area contributed by atoms with Crippen molar-refractivity contribution in [2.24, 2.45) is 5.73 Å². The number of carbonyl (C=O) groups is 2. The number of hydrogen-bond acceptors (Lipinski definition) is 5. The van der Waals surface area contributed by atoms with E-state index in [-0.39, 0.29) is 30.3 Å². The highest BCUT2D eigenvalue weighted by atomic mass is 35.5. The van der Waals surface area contributed by atoms with Gasteiger partial charge in [-0.15, -0.1) is 12.4 Å². The van der Waals surface area contributed by atoms with Crippen LogP contribution in [0.3, 0.4) is 0 Å². The van der Waals surface area contributed by atoms with Gasteiger partial charge in [-0.3, -0.25) is 9.59 Å². The molecule has 2 aliphatic heterocycles. The molecule has 2 heterocycles. The van der Waals surface area contributed by atoms with Crippen LogP contribution in [0.5, 0.6) is 5.75 Å². The van der Waals surface area contributed by atoms with Gasteiger partial charge in [0.1, 0.15) is 5.75 Å². The third-order valence-corrected chi connectivity index (χ3v) is 5.37. The van der Waals surface area contributed by atoms with Crippen molar-refractivity contribution >= 4 is 24.2 Å². The lowest BCUT2D eigenvalue weighted by molar-refractivity contribution is -0.130.